The van der Waals surface area contributed by atoms with E-state index in [-0.39, 0.29) is 0 Å². The molecular formula is C17H23NO3. The summed E-state index contributed by atoms with van der Waals surface area (Å²) in [6.45, 7) is 8.49. The van der Waals surface area contributed by atoms with E-state index in [1.165, 1.54) is 0 Å². The van der Waals surface area contributed by atoms with Crippen LogP contribution >= 0.6 is 0 Å². The number of ether oxygens (including phenoxy) is 2. The molecule has 0 saturated carbocycles. The van der Waals surface area contributed by atoms with Crippen LogP contribution in [0.5, 0.6) is 5.75 Å². The van der Waals surface area contributed by atoms with E-state index in [1.807, 2.05) is 45.9 Å². The minimum absolute atomic E-state index is 0.359. The second-order valence-electron chi connectivity index (χ2n) is 5.68. The van der Waals surface area contributed by atoms with Crippen molar-refractivity contribution in [3.8, 4) is 18.1 Å². The van der Waals surface area contributed by atoms with E-state index in [2.05, 4.69) is 11.2 Å². The highest BCUT2D eigenvalue weighted by Gasteiger charge is 2.15. The highest BCUT2D eigenvalue weighted by molar-refractivity contribution is 5.67. The van der Waals surface area contributed by atoms with Crippen molar-refractivity contribution in [1.29, 1.82) is 0 Å². The van der Waals surface area contributed by atoms with Crippen LogP contribution in [0, 0.1) is 12.3 Å². The molecule has 0 saturated heterocycles. The summed E-state index contributed by atoms with van der Waals surface area (Å²) in [7, 11) is 0. The fourth-order valence-corrected chi connectivity index (χ4v) is 1.63. The first-order valence-electron chi connectivity index (χ1n) is 7.05. The first kappa shape index (κ1) is 16.9. The van der Waals surface area contributed by atoms with Crippen molar-refractivity contribution in [1.82, 2.24) is 5.32 Å². The number of terminal acetylenes is 1. The zero-order chi connectivity index (χ0) is 15.9. The van der Waals surface area contributed by atoms with Crippen molar-refractivity contribution in [2.45, 2.75) is 46.3 Å². The number of carbonyl (C=O) groups excluding carboxylic acids is 1. The molecule has 0 aliphatic heterocycles. The van der Waals surface area contributed by atoms with Crippen molar-refractivity contribution in [2.24, 2.45) is 0 Å². The predicted molar refractivity (Wildman–Crippen MR) is 83.2 cm³/mol. The molecule has 0 aromatic heterocycles. The molecule has 0 fully saturated rings. The lowest BCUT2D eigenvalue weighted by molar-refractivity contribution is 0.0523. The molecular weight excluding hydrogens is 266 g/mol. The molecule has 1 aromatic rings. The fraction of sp³-hybridized carbons (Fsp3) is 0.471. The van der Waals surface area contributed by atoms with Gasteiger partial charge in [-0.05, 0) is 44.9 Å². The van der Waals surface area contributed by atoms with Gasteiger partial charge >= 0.3 is 6.09 Å². The molecule has 0 atom stereocenters. The Balaban J connectivity index is 2.65. The number of carbonyl (C=O) groups is 1. The minimum atomic E-state index is -0.508. The van der Waals surface area contributed by atoms with Gasteiger partial charge in [-0.25, -0.2) is 4.79 Å². The van der Waals surface area contributed by atoms with Crippen LogP contribution in [0.4, 0.5) is 4.79 Å². The monoisotopic (exact) mass is 289 g/mol. The van der Waals surface area contributed by atoms with Crippen LogP contribution in [0.25, 0.3) is 0 Å². The van der Waals surface area contributed by atoms with Gasteiger partial charge in [0.2, 0.25) is 0 Å². The Morgan fingerprint density at radius 1 is 1.38 bits per heavy atom. The molecule has 0 unspecified atom stereocenters. The Morgan fingerprint density at radius 3 is 2.67 bits per heavy atom. The average molecular weight is 289 g/mol. The molecule has 1 aromatic carbocycles. The topological polar surface area (TPSA) is 47.6 Å². The Hall–Kier alpha value is -2.15. The van der Waals surface area contributed by atoms with Gasteiger partial charge in [-0.1, -0.05) is 18.9 Å². The summed E-state index contributed by atoms with van der Waals surface area (Å²) in [6, 6.07) is 5.54. The van der Waals surface area contributed by atoms with Gasteiger partial charge in [-0.2, -0.15) is 0 Å². The highest BCUT2D eigenvalue weighted by atomic mass is 16.6. The molecule has 4 heteroatoms. The van der Waals surface area contributed by atoms with Crippen LogP contribution in [0.2, 0.25) is 0 Å². The molecule has 114 valence electrons. The maximum Gasteiger partial charge on any atom is 0.407 e. The van der Waals surface area contributed by atoms with E-state index < -0.39 is 11.7 Å². The van der Waals surface area contributed by atoms with Crippen LogP contribution in [0.1, 0.15) is 45.2 Å². The quantitative estimate of drug-likeness (QED) is 0.844. The summed E-state index contributed by atoms with van der Waals surface area (Å²) in [5.74, 6) is 3.30. The van der Waals surface area contributed by atoms with E-state index >= 15 is 0 Å². The first-order valence-corrected chi connectivity index (χ1v) is 7.05. The van der Waals surface area contributed by atoms with Gasteiger partial charge in [0.05, 0.1) is 12.2 Å². The molecule has 0 heterocycles. The number of amides is 1. The van der Waals surface area contributed by atoms with Crippen molar-refractivity contribution >= 4 is 6.09 Å². The second kappa shape index (κ2) is 7.58. The van der Waals surface area contributed by atoms with Gasteiger partial charge in [0.25, 0.3) is 0 Å². The Morgan fingerprint density at radius 2 is 2.10 bits per heavy atom. The van der Waals surface area contributed by atoms with E-state index in [9.17, 15) is 4.79 Å². The van der Waals surface area contributed by atoms with Gasteiger partial charge in [0.15, 0.2) is 0 Å². The smallest absolute Gasteiger partial charge is 0.407 e. The van der Waals surface area contributed by atoms with Crippen molar-refractivity contribution in [2.75, 3.05) is 6.61 Å². The van der Waals surface area contributed by atoms with Gasteiger partial charge in [-0.3, -0.25) is 0 Å². The minimum Gasteiger partial charge on any atom is -0.492 e. The number of alkyl carbamates (subject to hydrolysis) is 1. The second-order valence-corrected chi connectivity index (χ2v) is 5.68. The molecule has 1 N–H and O–H groups in total. The van der Waals surface area contributed by atoms with Gasteiger partial charge in [0.1, 0.15) is 11.4 Å². The third kappa shape index (κ3) is 6.22. The van der Waals surface area contributed by atoms with E-state index in [0.29, 0.717) is 24.5 Å². The third-order valence-corrected chi connectivity index (χ3v) is 2.50. The normalized spacial score (nSPS) is 10.6. The zero-order valence-electron chi connectivity index (χ0n) is 13.2. The van der Waals surface area contributed by atoms with Crippen LogP contribution in [-0.4, -0.2) is 18.3 Å². The molecule has 0 aliphatic rings. The van der Waals surface area contributed by atoms with Gasteiger partial charge in [0, 0.05) is 6.54 Å². The summed E-state index contributed by atoms with van der Waals surface area (Å²) >= 11 is 0. The first-order chi connectivity index (χ1) is 9.85. The third-order valence-electron chi connectivity index (χ3n) is 2.50. The molecule has 0 spiro atoms. The maximum absolute atomic E-state index is 11.6. The standard InChI is InChI=1S/C17H23NO3/c1-6-10-20-15-9-8-13(11-14(15)7-2)12-18-16(19)21-17(3,4)5/h2,8-9,11H,6,10,12H2,1,3-5H3,(H,18,19). The van der Waals surface area contributed by atoms with E-state index in [4.69, 9.17) is 15.9 Å². The predicted octanol–water partition coefficient (Wildman–Crippen LogP) is 3.48. The lowest BCUT2D eigenvalue weighted by Gasteiger charge is -2.19. The fourth-order valence-electron chi connectivity index (χ4n) is 1.63. The molecule has 1 rings (SSSR count). The van der Waals surface area contributed by atoms with Crippen molar-refractivity contribution < 1.29 is 14.3 Å². The number of benzene rings is 1. The molecule has 0 radical (unpaired) electrons. The summed E-state index contributed by atoms with van der Waals surface area (Å²) in [6.07, 6.45) is 5.96. The lowest BCUT2D eigenvalue weighted by atomic mass is 10.1. The molecule has 0 bridgehead atoms. The van der Waals surface area contributed by atoms with Gasteiger partial charge in [-0.15, -0.1) is 6.42 Å². The maximum atomic E-state index is 11.6. The van der Waals surface area contributed by atoms with Crippen molar-refractivity contribution in [3.05, 3.63) is 29.3 Å². The molecule has 0 aliphatic carbocycles. The highest BCUT2D eigenvalue weighted by Crippen LogP contribution is 2.19. The Bertz CT molecular complexity index is 524. The van der Waals surface area contributed by atoms with E-state index in [1.54, 1.807) is 0 Å². The molecule has 1 amide bonds. The van der Waals surface area contributed by atoms with Crippen LogP contribution < -0.4 is 10.1 Å². The Labute approximate surface area is 126 Å². The zero-order valence-corrected chi connectivity index (χ0v) is 13.2. The van der Waals surface area contributed by atoms with Crippen LogP contribution in [-0.2, 0) is 11.3 Å². The number of rotatable bonds is 5. The molecule has 21 heavy (non-hydrogen) atoms. The van der Waals surface area contributed by atoms with E-state index in [0.717, 1.165) is 12.0 Å². The summed E-state index contributed by atoms with van der Waals surface area (Å²) in [5.41, 5.74) is 1.08. The SMILES string of the molecule is C#Cc1cc(CNC(=O)OC(C)(C)C)ccc1OCCC. The van der Waals surface area contributed by atoms with Gasteiger partial charge < -0.3 is 14.8 Å². The Kier molecular flexibility index (Phi) is 6.10. The number of hydrogen-bond acceptors (Lipinski definition) is 3. The lowest BCUT2D eigenvalue weighted by Crippen LogP contribution is -2.32. The van der Waals surface area contributed by atoms with Crippen molar-refractivity contribution in [3.63, 3.8) is 0 Å². The number of nitrogens with one attached hydrogen (secondary N) is 1. The van der Waals surface area contributed by atoms with Crippen LogP contribution in [0.15, 0.2) is 18.2 Å². The largest absolute Gasteiger partial charge is 0.492 e. The number of hydrogen-bond donors (Lipinski definition) is 1. The average Bonchev–Trinajstić information content (AvgIpc) is 2.41. The van der Waals surface area contributed by atoms with Crippen LogP contribution in [0.3, 0.4) is 0 Å². The summed E-state index contributed by atoms with van der Waals surface area (Å²) in [5, 5.41) is 2.70. The summed E-state index contributed by atoms with van der Waals surface area (Å²) < 4.78 is 10.7. The summed E-state index contributed by atoms with van der Waals surface area (Å²) in [4.78, 5) is 11.6. The molecule has 4 nitrogen and oxygen atoms in total.